The number of hydrazine groups is 1. The largest absolute Gasteiger partial charge is 0.307 e. The summed E-state index contributed by atoms with van der Waals surface area (Å²) in [7, 11) is 0. The molecule has 0 aliphatic heterocycles. The lowest BCUT2D eigenvalue weighted by molar-refractivity contribution is 0.628. The van der Waals surface area contributed by atoms with Crippen LogP contribution in [-0.4, -0.2) is 14.6 Å². The number of anilines is 1. The summed E-state index contributed by atoms with van der Waals surface area (Å²) < 4.78 is 14.8. The zero-order valence-electron chi connectivity index (χ0n) is 9.34. The molecule has 0 saturated heterocycles. The van der Waals surface area contributed by atoms with Gasteiger partial charge in [-0.1, -0.05) is 12.1 Å². The van der Waals surface area contributed by atoms with Crippen LogP contribution in [0.15, 0.2) is 42.7 Å². The zero-order chi connectivity index (χ0) is 12.5. The quantitative estimate of drug-likeness (QED) is 0.532. The van der Waals surface area contributed by atoms with Gasteiger partial charge in [0, 0.05) is 18.0 Å². The molecule has 0 aliphatic rings. The van der Waals surface area contributed by atoms with E-state index in [2.05, 4.69) is 15.5 Å². The first-order chi connectivity index (χ1) is 8.78. The fourth-order valence-electron chi connectivity index (χ4n) is 1.82. The molecule has 6 heteroatoms. The first kappa shape index (κ1) is 10.7. The summed E-state index contributed by atoms with van der Waals surface area (Å²) in [6.45, 7) is 0. The second kappa shape index (κ2) is 4.08. The average Bonchev–Trinajstić information content (AvgIpc) is 2.82. The van der Waals surface area contributed by atoms with Crippen LogP contribution < -0.4 is 11.3 Å². The number of halogens is 1. The van der Waals surface area contributed by atoms with Gasteiger partial charge in [-0.05, 0) is 18.2 Å². The highest BCUT2D eigenvalue weighted by molar-refractivity contribution is 5.74. The Labute approximate surface area is 102 Å². The van der Waals surface area contributed by atoms with Crippen LogP contribution in [0.2, 0.25) is 0 Å². The molecule has 0 atom stereocenters. The molecule has 90 valence electrons. The molecule has 1 aromatic carbocycles. The van der Waals surface area contributed by atoms with Crippen molar-refractivity contribution in [2.24, 2.45) is 5.84 Å². The van der Waals surface area contributed by atoms with E-state index in [-0.39, 0.29) is 5.82 Å². The minimum atomic E-state index is -0.292. The standard InChI is InChI=1S/C12H10FN5/c13-9-3-1-2-8(6-9)10-7-11-12(16-14)15-4-5-18(11)17-10/h1-7H,14H2,(H,15,16). The summed E-state index contributed by atoms with van der Waals surface area (Å²) in [5.41, 5.74) is 4.61. The van der Waals surface area contributed by atoms with E-state index in [1.54, 1.807) is 35.1 Å². The Kier molecular flexibility index (Phi) is 2.42. The molecule has 0 unspecified atom stereocenters. The molecule has 3 N–H and O–H groups in total. The van der Waals surface area contributed by atoms with Crippen molar-refractivity contribution in [3.63, 3.8) is 0 Å². The monoisotopic (exact) mass is 243 g/mol. The summed E-state index contributed by atoms with van der Waals surface area (Å²) in [6.07, 6.45) is 3.30. The van der Waals surface area contributed by atoms with Gasteiger partial charge in [0.2, 0.25) is 0 Å². The van der Waals surface area contributed by atoms with Gasteiger partial charge in [0.15, 0.2) is 5.82 Å². The summed E-state index contributed by atoms with van der Waals surface area (Å²) in [4.78, 5) is 4.08. The first-order valence-electron chi connectivity index (χ1n) is 5.35. The molecule has 0 spiro atoms. The van der Waals surface area contributed by atoms with Gasteiger partial charge in [-0.15, -0.1) is 0 Å². The van der Waals surface area contributed by atoms with Crippen molar-refractivity contribution >= 4 is 11.3 Å². The van der Waals surface area contributed by atoms with Crippen LogP contribution in [0.1, 0.15) is 0 Å². The Hall–Kier alpha value is -2.47. The minimum Gasteiger partial charge on any atom is -0.307 e. The molecule has 3 aromatic rings. The van der Waals surface area contributed by atoms with Gasteiger partial charge < -0.3 is 5.43 Å². The van der Waals surface area contributed by atoms with Crippen molar-refractivity contribution in [3.8, 4) is 11.3 Å². The van der Waals surface area contributed by atoms with Gasteiger partial charge >= 0.3 is 0 Å². The number of fused-ring (bicyclic) bond motifs is 1. The van der Waals surface area contributed by atoms with E-state index in [1.165, 1.54) is 12.1 Å². The number of rotatable bonds is 2. The summed E-state index contributed by atoms with van der Waals surface area (Å²) in [5.74, 6) is 5.60. The van der Waals surface area contributed by atoms with Crippen LogP contribution in [0.4, 0.5) is 10.2 Å². The molecule has 3 rings (SSSR count). The lowest BCUT2D eigenvalue weighted by atomic mass is 10.1. The molecular formula is C12H10FN5. The summed E-state index contributed by atoms with van der Waals surface area (Å²) >= 11 is 0. The Balaban J connectivity index is 2.19. The van der Waals surface area contributed by atoms with Crippen LogP contribution >= 0.6 is 0 Å². The summed E-state index contributed by atoms with van der Waals surface area (Å²) in [5, 5.41) is 4.35. The zero-order valence-corrected chi connectivity index (χ0v) is 9.34. The summed E-state index contributed by atoms with van der Waals surface area (Å²) in [6, 6.07) is 8.08. The molecule has 0 saturated carbocycles. The Bertz CT molecular complexity index is 707. The van der Waals surface area contributed by atoms with E-state index in [0.717, 1.165) is 5.52 Å². The maximum absolute atomic E-state index is 13.2. The van der Waals surface area contributed by atoms with Crippen LogP contribution in [0.25, 0.3) is 16.8 Å². The number of aromatic nitrogens is 3. The van der Waals surface area contributed by atoms with Gasteiger partial charge in [-0.2, -0.15) is 5.10 Å². The maximum atomic E-state index is 13.2. The number of nitrogens with one attached hydrogen (secondary N) is 1. The number of hydrogen-bond donors (Lipinski definition) is 2. The van der Waals surface area contributed by atoms with Gasteiger partial charge in [0.05, 0.1) is 5.69 Å². The van der Waals surface area contributed by atoms with Gasteiger partial charge in [0.25, 0.3) is 0 Å². The second-order valence-electron chi connectivity index (χ2n) is 3.79. The molecule has 0 bridgehead atoms. The predicted octanol–water partition coefficient (Wildman–Crippen LogP) is 1.82. The van der Waals surface area contributed by atoms with Crippen LogP contribution in [0.3, 0.4) is 0 Å². The van der Waals surface area contributed by atoms with E-state index in [0.29, 0.717) is 17.1 Å². The van der Waals surface area contributed by atoms with Crippen LogP contribution in [0.5, 0.6) is 0 Å². The van der Waals surface area contributed by atoms with Crippen molar-refractivity contribution in [3.05, 3.63) is 48.5 Å². The molecule has 2 aromatic heterocycles. The molecule has 5 nitrogen and oxygen atoms in total. The average molecular weight is 243 g/mol. The van der Waals surface area contributed by atoms with Crippen LogP contribution in [-0.2, 0) is 0 Å². The number of nitrogen functional groups attached to an aromatic ring is 1. The number of benzene rings is 1. The SMILES string of the molecule is NNc1nccn2nc(-c3cccc(F)c3)cc12. The van der Waals surface area contributed by atoms with Gasteiger partial charge in [-0.25, -0.2) is 19.7 Å². The number of nitrogens with two attached hydrogens (primary N) is 1. The normalized spacial score (nSPS) is 10.8. The maximum Gasteiger partial charge on any atom is 0.166 e. The predicted molar refractivity (Wildman–Crippen MR) is 66.2 cm³/mol. The van der Waals surface area contributed by atoms with Crippen molar-refractivity contribution in [1.29, 1.82) is 0 Å². The highest BCUT2D eigenvalue weighted by Gasteiger charge is 2.08. The van der Waals surface area contributed by atoms with Gasteiger partial charge in [-0.3, -0.25) is 0 Å². The topological polar surface area (TPSA) is 68.2 Å². The Morgan fingerprint density at radius 3 is 2.94 bits per heavy atom. The molecule has 2 heterocycles. The van der Waals surface area contributed by atoms with E-state index in [9.17, 15) is 4.39 Å². The molecule has 0 radical (unpaired) electrons. The van der Waals surface area contributed by atoms with Crippen molar-refractivity contribution in [2.45, 2.75) is 0 Å². The highest BCUT2D eigenvalue weighted by atomic mass is 19.1. The van der Waals surface area contributed by atoms with Crippen molar-refractivity contribution in [2.75, 3.05) is 5.43 Å². The second-order valence-corrected chi connectivity index (χ2v) is 3.79. The third-order valence-corrected chi connectivity index (χ3v) is 2.65. The van der Waals surface area contributed by atoms with E-state index in [1.807, 2.05) is 0 Å². The van der Waals surface area contributed by atoms with E-state index in [4.69, 9.17) is 5.84 Å². The third kappa shape index (κ3) is 1.68. The van der Waals surface area contributed by atoms with E-state index >= 15 is 0 Å². The first-order valence-corrected chi connectivity index (χ1v) is 5.35. The van der Waals surface area contributed by atoms with Crippen molar-refractivity contribution < 1.29 is 4.39 Å². The number of hydrogen-bond acceptors (Lipinski definition) is 4. The fourth-order valence-corrected chi connectivity index (χ4v) is 1.82. The molecule has 18 heavy (non-hydrogen) atoms. The number of nitrogens with zero attached hydrogens (tertiary/aromatic N) is 3. The molecular weight excluding hydrogens is 233 g/mol. The lowest BCUT2D eigenvalue weighted by Crippen LogP contribution is -2.09. The van der Waals surface area contributed by atoms with E-state index < -0.39 is 0 Å². The smallest absolute Gasteiger partial charge is 0.166 e. The Morgan fingerprint density at radius 1 is 1.28 bits per heavy atom. The lowest BCUT2D eigenvalue weighted by Gasteiger charge is -1.98. The Morgan fingerprint density at radius 2 is 2.17 bits per heavy atom. The van der Waals surface area contributed by atoms with Crippen molar-refractivity contribution in [1.82, 2.24) is 14.6 Å². The molecule has 0 amide bonds. The van der Waals surface area contributed by atoms with Crippen LogP contribution in [0, 0.1) is 5.82 Å². The molecule has 0 aliphatic carbocycles. The third-order valence-electron chi connectivity index (χ3n) is 2.65. The highest BCUT2D eigenvalue weighted by Crippen LogP contribution is 2.22. The molecule has 0 fully saturated rings. The fraction of sp³-hybridized carbons (Fsp3) is 0. The van der Waals surface area contributed by atoms with Gasteiger partial charge in [0.1, 0.15) is 11.3 Å². The minimum absolute atomic E-state index is 0.292.